The van der Waals surface area contributed by atoms with Gasteiger partial charge in [0.15, 0.2) is 0 Å². The Morgan fingerprint density at radius 3 is 2.89 bits per heavy atom. The average molecular weight is 247 g/mol. The van der Waals surface area contributed by atoms with E-state index in [4.69, 9.17) is 4.74 Å². The third-order valence-electron chi connectivity index (χ3n) is 3.11. The first-order chi connectivity index (χ1) is 8.50. The van der Waals surface area contributed by atoms with E-state index in [2.05, 4.69) is 18.3 Å². The molecule has 0 fully saturated rings. The summed E-state index contributed by atoms with van der Waals surface area (Å²) in [4.78, 5) is 11.8. The molecule has 0 spiro atoms. The SMILES string of the molecule is CCCCc1ccc2c(c1)NC(=O)CC(C)(C)O2. The lowest BCUT2D eigenvalue weighted by atomic mass is 10.1. The van der Waals surface area contributed by atoms with Crippen molar-refractivity contribution in [3.63, 3.8) is 0 Å². The smallest absolute Gasteiger partial charge is 0.228 e. The number of carbonyl (C=O) groups is 1. The van der Waals surface area contributed by atoms with Crippen molar-refractivity contribution in [2.75, 3.05) is 5.32 Å². The van der Waals surface area contributed by atoms with Crippen LogP contribution in [0, 0.1) is 0 Å². The summed E-state index contributed by atoms with van der Waals surface area (Å²) in [5.74, 6) is 0.789. The second kappa shape index (κ2) is 5.01. The molecule has 98 valence electrons. The topological polar surface area (TPSA) is 38.3 Å². The Hall–Kier alpha value is -1.51. The molecule has 1 aromatic carbocycles. The molecule has 0 atom stereocenters. The van der Waals surface area contributed by atoms with Crippen LogP contribution in [-0.4, -0.2) is 11.5 Å². The predicted octanol–water partition coefficient (Wildman–Crippen LogP) is 3.53. The zero-order valence-electron chi connectivity index (χ0n) is 11.4. The third kappa shape index (κ3) is 3.03. The van der Waals surface area contributed by atoms with Crippen LogP contribution in [0.4, 0.5) is 5.69 Å². The molecule has 0 unspecified atom stereocenters. The van der Waals surface area contributed by atoms with Crippen molar-refractivity contribution in [1.29, 1.82) is 0 Å². The number of amides is 1. The Morgan fingerprint density at radius 2 is 2.17 bits per heavy atom. The predicted molar refractivity (Wildman–Crippen MR) is 73.0 cm³/mol. The molecular weight excluding hydrogens is 226 g/mol. The first-order valence-corrected chi connectivity index (χ1v) is 6.62. The first-order valence-electron chi connectivity index (χ1n) is 6.62. The van der Waals surface area contributed by atoms with Crippen molar-refractivity contribution in [3.05, 3.63) is 23.8 Å². The maximum Gasteiger partial charge on any atom is 0.228 e. The molecule has 0 aromatic heterocycles. The minimum atomic E-state index is -0.444. The first kappa shape index (κ1) is 12.9. The second-order valence-corrected chi connectivity index (χ2v) is 5.52. The van der Waals surface area contributed by atoms with Crippen LogP contribution >= 0.6 is 0 Å². The van der Waals surface area contributed by atoms with Gasteiger partial charge in [-0.05, 0) is 44.4 Å². The van der Waals surface area contributed by atoms with Crippen LogP contribution in [-0.2, 0) is 11.2 Å². The van der Waals surface area contributed by atoms with E-state index in [0.717, 1.165) is 17.9 Å². The number of unbranched alkanes of at least 4 members (excludes halogenated alkanes) is 1. The molecule has 3 heteroatoms. The fourth-order valence-corrected chi connectivity index (χ4v) is 2.22. The molecule has 1 amide bonds. The second-order valence-electron chi connectivity index (χ2n) is 5.52. The summed E-state index contributed by atoms with van der Waals surface area (Å²) >= 11 is 0. The molecule has 1 aliphatic heterocycles. The van der Waals surface area contributed by atoms with Gasteiger partial charge in [0.1, 0.15) is 11.4 Å². The van der Waals surface area contributed by atoms with Gasteiger partial charge in [0.25, 0.3) is 0 Å². The molecule has 3 nitrogen and oxygen atoms in total. The van der Waals surface area contributed by atoms with Crippen molar-refractivity contribution in [3.8, 4) is 5.75 Å². The Bertz CT molecular complexity index is 452. The normalized spacial score (nSPS) is 17.4. The fourth-order valence-electron chi connectivity index (χ4n) is 2.22. The lowest BCUT2D eigenvalue weighted by Crippen LogP contribution is -2.30. The highest BCUT2D eigenvalue weighted by atomic mass is 16.5. The van der Waals surface area contributed by atoms with Gasteiger partial charge in [-0.2, -0.15) is 0 Å². The number of anilines is 1. The van der Waals surface area contributed by atoms with Crippen LogP contribution in [0.5, 0.6) is 5.75 Å². The third-order valence-corrected chi connectivity index (χ3v) is 3.11. The van der Waals surface area contributed by atoms with Crippen molar-refractivity contribution in [1.82, 2.24) is 0 Å². The number of benzene rings is 1. The number of hydrogen-bond donors (Lipinski definition) is 1. The molecule has 0 bridgehead atoms. The van der Waals surface area contributed by atoms with Gasteiger partial charge in [0.05, 0.1) is 12.1 Å². The quantitative estimate of drug-likeness (QED) is 0.887. The van der Waals surface area contributed by atoms with E-state index in [1.54, 1.807) is 0 Å². The molecule has 1 N–H and O–H groups in total. The highest BCUT2D eigenvalue weighted by Gasteiger charge is 2.28. The van der Waals surface area contributed by atoms with Gasteiger partial charge in [-0.25, -0.2) is 0 Å². The summed E-state index contributed by atoms with van der Waals surface area (Å²) in [5, 5.41) is 2.93. The van der Waals surface area contributed by atoms with Crippen LogP contribution in [0.25, 0.3) is 0 Å². The lowest BCUT2D eigenvalue weighted by molar-refractivity contribution is -0.118. The Kier molecular flexibility index (Phi) is 3.60. The summed E-state index contributed by atoms with van der Waals surface area (Å²) in [5.41, 5.74) is 1.61. The Morgan fingerprint density at radius 1 is 1.39 bits per heavy atom. The number of nitrogens with one attached hydrogen (secondary N) is 1. The maximum absolute atomic E-state index is 11.8. The van der Waals surface area contributed by atoms with Crippen LogP contribution in [0.2, 0.25) is 0 Å². The number of aryl methyl sites for hydroxylation is 1. The molecule has 2 rings (SSSR count). The standard InChI is InChI=1S/C15H21NO2/c1-4-5-6-11-7-8-13-12(9-11)16-14(17)10-15(2,3)18-13/h7-9H,4-6,10H2,1-3H3,(H,16,17). The highest BCUT2D eigenvalue weighted by molar-refractivity contribution is 5.93. The summed E-state index contributed by atoms with van der Waals surface area (Å²) in [6.07, 6.45) is 3.76. The van der Waals surface area contributed by atoms with Gasteiger partial charge in [0, 0.05) is 0 Å². The molecular formula is C15H21NO2. The Balaban J connectivity index is 2.27. The summed E-state index contributed by atoms with van der Waals surface area (Å²) in [6.45, 7) is 6.05. The number of rotatable bonds is 3. The van der Waals surface area contributed by atoms with E-state index in [1.807, 2.05) is 26.0 Å². The number of fused-ring (bicyclic) bond motifs is 1. The van der Waals surface area contributed by atoms with E-state index in [-0.39, 0.29) is 5.91 Å². The zero-order chi connectivity index (χ0) is 13.2. The average Bonchev–Trinajstić information content (AvgIpc) is 2.39. The molecule has 1 aromatic rings. The summed E-state index contributed by atoms with van der Waals surface area (Å²) < 4.78 is 5.89. The molecule has 1 aliphatic rings. The van der Waals surface area contributed by atoms with E-state index >= 15 is 0 Å². The van der Waals surface area contributed by atoms with Crippen LogP contribution in [0.1, 0.15) is 45.6 Å². The van der Waals surface area contributed by atoms with Crippen LogP contribution in [0.15, 0.2) is 18.2 Å². The van der Waals surface area contributed by atoms with Crippen molar-refractivity contribution < 1.29 is 9.53 Å². The van der Waals surface area contributed by atoms with Gasteiger partial charge in [0.2, 0.25) is 5.91 Å². The van der Waals surface area contributed by atoms with E-state index in [0.29, 0.717) is 6.42 Å². The zero-order valence-corrected chi connectivity index (χ0v) is 11.4. The van der Waals surface area contributed by atoms with Crippen molar-refractivity contribution in [2.45, 2.75) is 52.1 Å². The molecule has 18 heavy (non-hydrogen) atoms. The lowest BCUT2D eigenvalue weighted by Gasteiger charge is -2.23. The monoisotopic (exact) mass is 247 g/mol. The van der Waals surface area contributed by atoms with Crippen molar-refractivity contribution >= 4 is 11.6 Å². The highest BCUT2D eigenvalue weighted by Crippen LogP contribution is 2.33. The summed E-state index contributed by atoms with van der Waals surface area (Å²) in [6, 6.07) is 6.08. The maximum atomic E-state index is 11.8. The number of carbonyl (C=O) groups excluding carboxylic acids is 1. The van der Waals surface area contributed by atoms with Crippen LogP contribution < -0.4 is 10.1 Å². The van der Waals surface area contributed by atoms with E-state index in [1.165, 1.54) is 18.4 Å². The van der Waals surface area contributed by atoms with Crippen LogP contribution in [0.3, 0.4) is 0 Å². The van der Waals surface area contributed by atoms with Gasteiger partial charge in [-0.3, -0.25) is 4.79 Å². The number of hydrogen-bond acceptors (Lipinski definition) is 2. The van der Waals surface area contributed by atoms with Crippen molar-refractivity contribution in [2.24, 2.45) is 0 Å². The summed E-state index contributed by atoms with van der Waals surface area (Å²) in [7, 11) is 0. The molecule has 0 aliphatic carbocycles. The number of ether oxygens (including phenoxy) is 1. The van der Waals surface area contributed by atoms with Gasteiger partial charge < -0.3 is 10.1 Å². The van der Waals surface area contributed by atoms with Gasteiger partial charge in [-0.15, -0.1) is 0 Å². The molecule has 1 heterocycles. The largest absolute Gasteiger partial charge is 0.485 e. The minimum Gasteiger partial charge on any atom is -0.485 e. The van der Waals surface area contributed by atoms with E-state index < -0.39 is 5.60 Å². The van der Waals surface area contributed by atoms with E-state index in [9.17, 15) is 4.79 Å². The van der Waals surface area contributed by atoms with Gasteiger partial charge in [-0.1, -0.05) is 19.4 Å². The molecule has 0 saturated carbocycles. The molecule has 0 radical (unpaired) electrons. The fraction of sp³-hybridized carbons (Fsp3) is 0.533. The van der Waals surface area contributed by atoms with Gasteiger partial charge >= 0.3 is 0 Å². The Labute approximate surface area is 109 Å². The molecule has 0 saturated heterocycles. The minimum absolute atomic E-state index is 0.0198.